The Labute approximate surface area is 169 Å². The number of ether oxygens (including phenoxy) is 1. The van der Waals surface area contributed by atoms with Crippen LogP contribution in [-0.2, 0) is 22.4 Å². The molecule has 2 aliphatic heterocycles. The van der Waals surface area contributed by atoms with Gasteiger partial charge < -0.3 is 15.0 Å². The molecule has 0 spiro atoms. The lowest BCUT2D eigenvalue weighted by Gasteiger charge is -2.23. The van der Waals surface area contributed by atoms with Gasteiger partial charge in [-0.3, -0.25) is 14.5 Å². The van der Waals surface area contributed by atoms with Crippen molar-refractivity contribution in [3.05, 3.63) is 59.7 Å². The second-order valence-corrected chi connectivity index (χ2v) is 7.57. The van der Waals surface area contributed by atoms with Crippen LogP contribution >= 0.6 is 0 Å². The van der Waals surface area contributed by atoms with E-state index in [0.717, 1.165) is 28.1 Å². The van der Waals surface area contributed by atoms with Gasteiger partial charge in [0.05, 0.1) is 7.11 Å². The highest BCUT2D eigenvalue weighted by Crippen LogP contribution is 2.30. The Hall–Kier alpha value is -3.35. The smallest absolute Gasteiger partial charge is 0.325 e. The number of benzene rings is 2. The predicted octanol–water partition coefficient (Wildman–Crippen LogP) is 2.14. The van der Waals surface area contributed by atoms with Crippen molar-refractivity contribution in [3.63, 3.8) is 0 Å². The number of hydrogen-bond donors (Lipinski definition) is 1. The minimum atomic E-state index is -1.13. The molecule has 0 aliphatic carbocycles. The van der Waals surface area contributed by atoms with Gasteiger partial charge in [0.2, 0.25) is 5.91 Å². The highest BCUT2D eigenvalue weighted by Gasteiger charge is 2.49. The van der Waals surface area contributed by atoms with E-state index in [9.17, 15) is 14.4 Å². The molecule has 2 aliphatic rings. The first kappa shape index (κ1) is 19.0. The number of rotatable bonds is 5. The van der Waals surface area contributed by atoms with E-state index in [4.69, 9.17) is 4.74 Å². The molecule has 1 N–H and O–H groups in total. The molecule has 7 nitrogen and oxygen atoms in total. The molecule has 1 atom stereocenters. The van der Waals surface area contributed by atoms with Crippen molar-refractivity contribution in [2.75, 3.05) is 25.1 Å². The van der Waals surface area contributed by atoms with Gasteiger partial charge in [-0.25, -0.2) is 4.79 Å². The van der Waals surface area contributed by atoms with Gasteiger partial charge >= 0.3 is 6.03 Å². The van der Waals surface area contributed by atoms with Crippen LogP contribution in [0.4, 0.5) is 10.5 Å². The zero-order valence-corrected chi connectivity index (χ0v) is 16.5. The van der Waals surface area contributed by atoms with E-state index in [2.05, 4.69) is 5.32 Å². The summed E-state index contributed by atoms with van der Waals surface area (Å²) in [6.45, 7) is 1.95. The fourth-order valence-electron chi connectivity index (χ4n) is 4.06. The minimum Gasteiger partial charge on any atom is -0.496 e. The SMILES string of the molecule is COc1ccccc1C[C@]1(C)NC(=O)N(CC(=O)N2CCc3ccccc32)C1=O. The van der Waals surface area contributed by atoms with Crippen LogP contribution in [0.25, 0.3) is 0 Å². The number of nitrogens with zero attached hydrogens (tertiary/aromatic N) is 2. The van der Waals surface area contributed by atoms with Crippen LogP contribution in [0.2, 0.25) is 0 Å². The lowest BCUT2D eigenvalue weighted by atomic mass is 9.92. The maximum atomic E-state index is 13.1. The first-order chi connectivity index (χ1) is 13.9. The molecule has 0 radical (unpaired) electrons. The molecule has 2 aromatic rings. The van der Waals surface area contributed by atoms with Gasteiger partial charge in [0.1, 0.15) is 17.8 Å². The number of nitrogens with one attached hydrogen (secondary N) is 1. The number of methoxy groups -OCH3 is 1. The summed E-state index contributed by atoms with van der Waals surface area (Å²) in [5.41, 5.74) is 1.63. The number of anilines is 1. The van der Waals surface area contributed by atoms with Gasteiger partial charge in [0, 0.05) is 18.7 Å². The van der Waals surface area contributed by atoms with Crippen molar-refractivity contribution >= 4 is 23.5 Å². The summed E-state index contributed by atoms with van der Waals surface area (Å²) in [6.07, 6.45) is 1.05. The molecule has 0 unspecified atom stereocenters. The summed E-state index contributed by atoms with van der Waals surface area (Å²) in [4.78, 5) is 41.1. The van der Waals surface area contributed by atoms with Crippen LogP contribution in [0.5, 0.6) is 5.75 Å². The Kier molecular flexibility index (Phi) is 4.74. The van der Waals surface area contributed by atoms with Crippen LogP contribution < -0.4 is 15.0 Å². The van der Waals surface area contributed by atoms with Crippen molar-refractivity contribution in [2.24, 2.45) is 0 Å². The lowest BCUT2D eigenvalue weighted by Crippen LogP contribution is -2.47. The number of hydrogen-bond acceptors (Lipinski definition) is 4. The van der Waals surface area contributed by atoms with Crippen LogP contribution in [0.15, 0.2) is 48.5 Å². The summed E-state index contributed by atoms with van der Waals surface area (Å²) in [7, 11) is 1.56. The highest BCUT2D eigenvalue weighted by atomic mass is 16.5. The topological polar surface area (TPSA) is 79.0 Å². The molecule has 150 valence electrons. The zero-order chi connectivity index (χ0) is 20.6. The molecule has 2 heterocycles. The van der Waals surface area contributed by atoms with E-state index in [-0.39, 0.29) is 18.9 Å². The molecule has 1 saturated heterocycles. The molecule has 0 bridgehead atoms. The summed E-state index contributed by atoms with van der Waals surface area (Å²) >= 11 is 0. The van der Waals surface area contributed by atoms with E-state index in [1.165, 1.54) is 0 Å². The molecule has 2 aromatic carbocycles. The van der Waals surface area contributed by atoms with Crippen LogP contribution in [0, 0.1) is 0 Å². The van der Waals surface area contributed by atoms with Crippen LogP contribution in [0.3, 0.4) is 0 Å². The molecule has 4 rings (SSSR count). The van der Waals surface area contributed by atoms with Crippen molar-refractivity contribution < 1.29 is 19.1 Å². The van der Waals surface area contributed by atoms with Crippen LogP contribution in [0.1, 0.15) is 18.1 Å². The number of para-hydroxylation sites is 2. The third-order valence-corrected chi connectivity index (χ3v) is 5.56. The summed E-state index contributed by atoms with van der Waals surface area (Å²) in [5, 5.41) is 2.76. The molecule has 0 saturated carbocycles. The number of carbonyl (C=O) groups is 3. The number of urea groups is 1. The molecule has 29 heavy (non-hydrogen) atoms. The molecule has 0 aromatic heterocycles. The van der Waals surface area contributed by atoms with Gasteiger partial charge in [-0.05, 0) is 36.6 Å². The van der Waals surface area contributed by atoms with Crippen molar-refractivity contribution in [1.82, 2.24) is 10.2 Å². The van der Waals surface area contributed by atoms with Gasteiger partial charge in [-0.2, -0.15) is 0 Å². The standard InChI is InChI=1S/C22H23N3O4/c1-22(13-16-8-4-6-10-18(16)29-2)20(27)25(21(28)23-22)14-19(26)24-12-11-15-7-3-5-9-17(15)24/h3-10H,11-14H2,1-2H3,(H,23,28)/t22-/m0/s1. The molecule has 7 heteroatoms. The average molecular weight is 393 g/mol. The normalized spacial score (nSPS) is 20.6. The fraction of sp³-hybridized carbons (Fsp3) is 0.318. The predicted molar refractivity (Wildman–Crippen MR) is 108 cm³/mol. The Morgan fingerprint density at radius 1 is 1.14 bits per heavy atom. The second-order valence-electron chi connectivity index (χ2n) is 7.57. The third kappa shape index (κ3) is 3.33. The number of amides is 4. The Morgan fingerprint density at radius 2 is 1.86 bits per heavy atom. The second kappa shape index (κ2) is 7.24. The maximum Gasteiger partial charge on any atom is 0.325 e. The zero-order valence-electron chi connectivity index (χ0n) is 16.5. The monoisotopic (exact) mass is 393 g/mol. The number of imide groups is 1. The Bertz CT molecular complexity index is 990. The van der Waals surface area contributed by atoms with Gasteiger partial charge in [-0.15, -0.1) is 0 Å². The first-order valence-corrected chi connectivity index (χ1v) is 9.57. The molecular formula is C22H23N3O4. The third-order valence-electron chi connectivity index (χ3n) is 5.56. The molecule has 1 fully saturated rings. The largest absolute Gasteiger partial charge is 0.496 e. The van der Waals surface area contributed by atoms with Crippen molar-refractivity contribution in [2.45, 2.75) is 25.3 Å². The minimum absolute atomic E-state index is 0.264. The summed E-state index contributed by atoms with van der Waals surface area (Å²) in [6, 6.07) is 14.5. The van der Waals surface area contributed by atoms with Crippen molar-refractivity contribution in [3.8, 4) is 5.75 Å². The quantitative estimate of drug-likeness (QED) is 0.790. The number of carbonyl (C=O) groups excluding carboxylic acids is 3. The Balaban J connectivity index is 1.50. The summed E-state index contributed by atoms with van der Waals surface area (Å²) < 4.78 is 5.36. The van der Waals surface area contributed by atoms with Crippen molar-refractivity contribution in [1.29, 1.82) is 0 Å². The van der Waals surface area contributed by atoms with E-state index in [0.29, 0.717) is 12.3 Å². The van der Waals surface area contributed by atoms with E-state index < -0.39 is 17.5 Å². The number of fused-ring (bicyclic) bond motifs is 1. The molecule has 4 amide bonds. The fourth-order valence-corrected chi connectivity index (χ4v) is 4.06. The summed E-state index contributed by atoms with van der Waals surface area (Å²) in [5.74, 6) is -0.0202. The maximum absolute atomic E-state index is 13.1. The molecular weight excluding hydrogens is 370 g/mol. The lowest BCUT2D eigenvalue weighted by molar-refractivity contribution is -0.133. The van der Waals surface area contributed by atoms with E-state index >= 15 is 0 Å². The highest BCUT2D eigenvalue weighted by molar-refractivity contribution is 6.10. The average Bonchev–Trinajstić information content (AvgIpc) is 3.23. The van der Waals surface area contributed by atoms with Gasteiger partial charge in [0.25, 0.3) is 5.91 Å². The van der Waals surface area contributed by atoms with Gasteiger partial charge in [0.15, 0.2) is 0 Å². The van der Waals surface area contributed by atoms with E-state index in [1.54, 1.807) is 18.9 Å². The first-order valence-electron chi connectivity index (χ1n) is 9.57. The van der Waals surface area contributed by atoms with E-state index in [1.807, 2.05) is 48.5 Å². The van der Waals surface area contributed by atoms with Gasteiger partial charge in [-0.1, -0.05) is 36.4 Å². The van der Waals surface area contributed by atoms with Crippen LogP contribution in [-0.4, -0.2) is 48.5 Å². The Morgan fingerprint density at radius 3 is 2.66 bits per heavy atom.